The maximum absolute atomic E-state index is 10.8. The van der Waals surface area contributed by atoms with Gasteiger partial charge in [-0.25, -0.2) is 9.78 Å². The van der Waals surface area contributed by atoms with E-state index in [0.717, 1.165) is 3.79 Å². The van der Waals surface area contributed by atoms with Gasteiger partial charge >= 0.3 is 5.97 Å². The molecule has 0 bridgehead atoms. The fraction of sp³-hybridized carbons (Fsp3) is 0. The Labute approximate surface area is 96.5 Å². The minimum absolute atomic E-state index is 0.173. The van der Waals surface area contributed by atoms with Crippen molar-refractivity contribution in [3.8, 4) is 0 Å². The summed E-state index contributed by atoms with van der Waals surface area (Å²) >= 11 is 10.5. The van der Waals surface area contributed by atoms with E-state index in [4.69, 9.17) is 16.7 Å². The van der Waals surface area contributed by atoms with E-state index in [1.807, 2.05) is 0 Å². The number of nitrogens with zero attached hydrogens (tertiary/aromatic N) is 1. The molecule has 0 aliphatic heterocycles. The Bertz CT molecular complexity index is 525. The van der Waals surface area contributed by atoms with Crippen LogP contribution in [0.3, 0.4) is 0 Å². The van der Waals surface area contributed by atoms with Gasteiger partial charge in [-0.2, -0.15) is 0 Å². The highest BCUT2D eigenvalue weighted by atomic mass is 79.9. The number of fused-ring (bicyclic) bond motifs is 1. The first-order chi connectivity index (χ1) is 6.59. The van der Waals surface area contributed by atoms with Crippen molar-refractivity contribution in [1.29, 1.82) is 0 Å². The van der Waals surface area contributed by atoms with Gasteiger partial charge in [0, 0.05) is 11.6 Å². The number of aromatic nitrogens is 1. The van der Waals surface area contributed by atoms with Gasteiger partial charge in [0.25, 0.3) is 0 Å². The molecular formula is C8H3BrClNO2S. The quantitative estimate of drug-likeness (QED) is 0.819. The van der Waals surface area contributed by atoms with E-state index >= 15 is 0 Å². The molecule has 0 aromatic carbocycles. The third-order valence-corrected chi connectivity index (χ3v) is 3.76. The van der Waals surface area contributed by atoms with E-state index in [2.05, 4.69) is 20.9 Å². The molecule has 0 unspecified atom stereocenters. The predicted molar refractivity (Wildman–Crippen MR) is 59.3 cm³/mol. The summed E-state index contributed by atoms with van der Waals surface area (Å²) in [4.78, 5) is 14.7. The van der Waals surface area contributed by atoms with Crippen LogP contribution < -0.4 is 0 Å². The number of hydrogen-bond acceptors (Lipinski definition) is 3. The van der Waals surface area contributed by atoms with Gasteiger partial charge in [0.05, 0.1) is 14.0 Å². The summed E-state index contributed by atoms with van der Waals surface area (Å²) in [5, 5.41) is 9.84. The van der Waals surface area contributed by atoms with Crippen LogP contribution in [-0.2, 0) is 0 Å². The first-order valence-electron chi connectivity index (χ1n) is 3.56. The molecule has 0 fully saturated rings. The van der Waals surface area contributed by atoms with Gasteiger partial charge in [0.1, 0.15) is 5.15 Å². The Morgan fingerprint density at radius 2 is 2.36 bits per heavy atom. The number of aromatic carboxylic acids is 1. The van der Waals surface area contributed by atoms with E-state index in [0.29, 0.717) is 15.2 Å². The number of pyridine rings is 1. The van der Waals surface area contributed by atoms with Gasteiger partial charge in [-0.3, -0.25) is 0 Å². The lowest BCUT2D eigenvalue weighted by Gasteiger charge is -1.96. The molecule has 6 heteroatoms. The zero-order chi connectivity index (χ0) is 10.3. The molecule has 1 N–H and O–H groups in total. The van der Waals surface area contributed by atoms with E-state index in [-0.39, 0.29) is 5.56 Å². The Hall–Kier alpha value is -0.650. The lowest BCUT2D eigenvalue weighted by Crippen LogP contribution is -1.97. The number of halogens is 2. The molecule has 2 aromatic heterocycles. The van der Waals surface area contributed by atoms with Gasteiger partial charge in [-0.05, 0) is 22.0 Å². The van der Waals surface area contributed by atoms with Crippen LogP contribution in [0.2, 0.25) is 5.15 Å². The summed E-state index contributed by atoms with van der Waals surface area (Å²) in [7, 11) is 0. The Balaban J connectivity index is 2.87. The van der Waals surface area contributed by atoms with Crippen LogP contribution in [0.5, 0.6) is 0 Å². The standard InChI is InChI=1S/C8H3BrClNO2S/c9-5-1-3-4(8(12)13)2-11-7(10)6(3)14-5/h1-2H,(H,12,13). The number of rotatable bonds is 1. The Kier molecular flexibility index (Phi) is 2.47. The number of carboxylic acids is 1. The summed E-state index contributed by atoms with van der Waals surface area (Å²) in [5.74, 6) is -0.996. The van der Waals surface area contributed by atoms with Gasteiger partial charge < -0.3 is 5.11 Å². The fourth-order valence-electron chi connectivity index (χ4n) is 1.13. The zero-order valence-electron chi connectivity index (χ0n) is 6.62. The average molecular weight is 293 g/mol. The number of thiophene rings is 1. The van der Waals surface area contributed by atoms with Gasteiger partial charge in [0.15, 0.2) is 0 Å². The van der Waals surface area contributed by atoms with Crippen molar-refractivity contribution in [3.63, 3.8) is 0 Å². The number of carbonyl (C=O) groups is 1. The third-order valence-electron chi connectivity index (χ3n) is 1.72. The normalized spacial score (nSPS) is 10.7. The van der Waals surface area contributed by atoms with E-state index in [9.17, 15) is 4.79 Å². The Morgan fingerprint density at radius 3 is 3.00 bits per heavy atom. The van der Waals surface area contributed by atoms with Crippen LogP contribution in [0.25, 0.3) is 10.1 Å². The van der Waals surface area contributed by atoms with Crippen LogP contribution >= 0.6 is 38.9 Å². The molecular weight excluding hydrogens is 290 g/mol. The van der Waals surface area contributed by atoms with Crippen LogP contribution in [0.15, 0.2) is 16.0 Å². The van der Waals surface area contributed by atoms with Gasteiger partial charge in [-0.15, -0.1) is 11.3 Å². The second-order valence-electron chi connectivity index (χ2n) is 2.56. The van der Waals surface area contributed by atoms with E-state index < -0.39 is 5.97 Å². The molecule has 2 heterocycles. The fourth-order valence-corrected chi connectivity index (χ4v) is 2.90. The van der Waals surface area contributed by atoms with Crippen LogP contribution in [0.4, 0.5) is 0 Å². The summed E-state index contributed by atoms with van der Waals surface area (Å²) in [6.45, 7) is 0. The van der Waals surface area contributed by atoms with Crippen molar-refractivity contribution in [2.75, 3.05) is 0 Å². The molecule has 2 rings (SSSR count). The molecule has 0 saturated heterocycles. The predicted octanol–water partition coefficient (Wildman–Crippen LogP) is 3.41. The lowest BCUT2D eigenvalue weighted by molar-refractivity contribution is 0.0698. The molecule has 0 saturated carbocycles. The molecule has 0 aliphatic rings. The van der Waals surface area contributed by atoms with Crippen molar-refractivity contribution in [2.45, 2.75) is 0 Å². The van der Waals surface area contributed by atoms with Crippen molar-refractivity contribution >= 4 is 54.9 Å². The minimum Gasteiger partial charge on any atom is -0.478 e. The largest absolute Gasteiger partial charge is 0.478 e. The lowest BCUT2D eigenvalue weighted by atomic mass is 10.2. The first-order valence-corrected chi connectivity index (χ1v) is 5.55. The van der Waals surface area contributed by atoms with Crippen LogP contribution in [-0.4, -0.2) is 16.1 Å². The molecule has 0 aliphatic carbocycles. The monoisotopic (exact) mass is 291 g/mol. The SMILES string of the molecule is O=C(O)c1cnc(Cl)c2sc(Br)cc12. The summed E-state index contributed by atoms with van der Waals surface area (Å²) in [5.41, 5.74) is 0.173. The topological polar surface area (TPSA) is 50.2 Å². The maximum atomic E-state index is 10.8. The third kappa shape index (κ3) is 1.51. The first kappa shape index (κ1) is 9.89. The summed E-state index contributed by atoms with van der Waals surface area (Å²) < 4.78 is 1.53. The van der Waals surface area contributed by atoms with E-state index in [1.54, 1.807) is 6.07 Å². The summed E-state index contributed by atoms with van der Waals surface area (Å²) in [6, 6.07) is 1.73. The molecule has 3 nitrogen and oxygen atoms in total. The molecule has 0 amide bonds. The molecule has 72 valence electrons. The molecule has 2 aromatic rings. The highest BCUT2D eigenvalue weighted by Crippen LogP contribution is 2.35. The second kappa shape index (κ2) is 3.49. The smallest absolute Gasteiger partial charge is 0.337 e. The van der Waals surface area contributed by atoms with Gasteiger partial charge in [0.2, 0.25) is 0 Å². The van der Waals surface area contributed by atoms with Gasteiger partial charge in [-0.1, -0.05) is 11.6 Å². The maximum Gasteiger partial charge on any atom is 0.337 e. The average Bonchev–Trinajstić information content (AvgIpc) is 2.47. The second-order valence-corrected chi connectivity index (χ2v) is 5.35. The van der Waals surface area contributed by atoms with Crippen molar-refractivity contribution < 1.29 is 9.90 Å². The van der Waals surface area contributed by atoms with Crippen LogP contribution in [0, 0.1) is 0 Å². The van der Waals surface area contributed by atoms with Crippen molar-refractivity contribution in [3.05, 3.63) is 26.8 Å². The highest BCUT2D eigenvalue weighted by Gasteiger charge is 2.14. The number of hydrogen-bond donors (Lipinski definition) is 1. The zero-order valence-corrected chi connectivity index (χ0v) is 9.78. The molecule has 0 spiro atoms. The highest BCUT2D eigenvalue weighted by molar-refractivity contribution is 9.11. The van der Waals surface area contributed by atoms with Crippen molar-refractivity contribution in [1.82, 2.24) is 4.98 Å². The van der Waals surface area contributed by atoms with E-state index in [1.165, 1.54) is 17.5 Å². The minimum atomic E-state index is -0.996. The molecule has 0 radical (unpaired) electrons. The molecule has 14 heavy (non-hydrogen) atoms. The molecule has 0 atom stereocenters. The number of carboxylic acid groups (broad SMARTS) is 1. The summed E-state index contributed by atoms with van der Waals surface area (Å²) in [6.07, 6.45) is 1.27. The Morgan fingerprint density at radius 1 is 1.64 bits per heavy atom. The van der Waals surface area contributed by atoms with Crippen LogP contribution in [0.1, 0.15) is 10.4 Å². The van der Waals surface area contributed by atoms with Crippen molar-refractivity contribution in [2.24, 2.45) is 0 Å².